The summed E-state index contributed by atoms with van der Waals surface area (Å²) < 4.78 is 6.36. The Kier molecular flexibility index (Phi) is 4.94. The van der Waals surface area contributed by atoms with Crippen LogP contribution in [0.15, 0.2) is 28.7 Å². The molecule has 116 valence electrons. The van der Waals surface area contributed by atoms with Crippen molar-refractivity contribution in [2.24, 2.45) is 0 Å². The van der Waals surface area contributed by atoms with Gasteiger partial charge in [-0.1, -0.05) is 28.1 Å². The topological polar surface area (TPSA) is 49.8 Å². The fraction of sp³-hybridized carbons (Fsp3) is 0.562. The van der Waals surface area contributed by atoms with Crippen LogP contribution in [0.1, 0.15) is 38.7 Å². The molecule has 1 N–H and O–H groups in total. The van der Waals surface area contributed by atoms with Gasteiger partial charge in [0.25, 0.3) is 0 Å². The fourth-order valence-electron chi connectivity index (χ4n) is 2.55. The smallest absolute Gasteiger partial charge is 0.410 e. The van der Waals surface area contributed by atoms with Crippen LogP contribution in [0.2, 0.25) is 0 Å². The number of benzene rings is 1. The first-order valence-electron chi connectivity index (χ1n) is 7.18. The first-order valence-corrected chi connectivity index (χ1v) is 7.97. The fourth-order valence-corrected chi connectivity index (χ4v) is 2.97. The van der Waals surface area contributed by atoms with Crippen molar-refractivity contribution < 1.29 is 14.6 Å². The molecule has 1 aliphatic heterocycles. The molecular weight excluding hydrogens is 334 g/mol. The molecule has 1 aliphatic rings. The summed E-state index contributed by atoms with van der Waals surface area (Å²) in [7, 11) is 0. The highest BCUT2D eigenvalue weighted by atomic mass is 79.9. The van der Waals surface area contributed by atoms with Gasteiger partial charge in [-0.15, -0.1) is 0 Å². The van der Waals surface area contributed by atoms with Gasteiger partial charge in [-0.05, 0) is 44.9 Å². The number of piperidine rings is 1. The summed E-state index contributed by atoms with van der Waals surface area (Å²) in [6.45, 7) is 6.44. The monoisotopic (exact) mass is 355 g/mol. The Morgan fingerprint density at radius 1 is 1.43 bits per heavy atom. The lowest BCUT2D eigenvalue weighted by Crippen LogP contribution is -2.47. The minimum absolute atomic E-state index is 0.0567. The third-order valence-corrected chi connectivity index (χ3v) is 4.00. The highest BCUT2D eigenvalue weighted by Gasteiger charge is 2.33. The molecule has 1 aromatic carbocycles. The van der Waals surface area contributed by atoms with E-state index in [0.29, 0.717) is 13.1 Å². The Bertz CT molecular complexity index is 512. The van der Waals surface area contributed by atoms with Crippen molar-refractivity contribution in [3.05, 3.63) is 34.3 Å². The Hall–Kier alpha value is -1.07. The van der Waals surface area contributed by atoms with Gasteiger partial charge in [-0.3, -0.25) is 0 Å². The van der Waals surface area contributed by atoms with Gasteiger partial charge in [0.1, 0.15) is 5.60 Å². The van der Waals surface area contributed by atoms with Gasteiger partial charge < -0.3 is 14.7 Å². The van der Waals surface area contributed by atoms with Crippen LogP contribution in [-0.4, -0.2) is 40.9 Å². The van der Waals surface area contributed by atoms with Gasteiger partial charge in [0.2, 0.25) is 0 Å². The van der Waals surface area contributed by atoms with E-state index < -0.39 is 11.7 Å². The summed E-state index contributed by atoms with van der Waals surface area (Å²) >= 11 is 3.45. The van der Waals surface area contributed by atoms with E-state index >= 15 is 0 Å². The van der Waals surface area contributed by atoms with Crippen molar-refractivity contribution >= 4 is 22.0 Å². The van der Waals surface area contributed by atoms with E-state index in [1.54, 1.807) is 4.90 Å². The average Bonchev–Trinajstić information content (AvgIpc) is 2.36. The summed E-state index contributed by atoms with van der Waals surface area (Å²) in [5, 5.41) is 10.4. The molecule has 0 spiro atoms. The van der Waals surface area contributed by atoms with Crippen LogP contribution < -0.4 is 0 Å². The van der Waals surface area contributed by atoms with E-state index in [1.807, 2.05) is 45.0 Å². The number of rotatable bonds is 1. The predicted molar refractivity (Wildman–Crippen MR) is 85.3 cm³/mol. The molecule has 0 radical (unpaired) electrons. The average molecular weight is 356 g/mol. The number of carbonyl (C=O) groups excluding carboxylic acids is 1. The minimum atomic E-state index is -0.569. The standard InChI is InChI=1S/C16H22BrNO3/c1-16(2,3)21-15(20)18-8-7-13(14(19)10-18)11-5-4-6-12(17)9-11/h4-6,9,13-14,19H,7-8,10H2,1-3H3/t13-,14-/m0/s1. The van der Waals surface area contributed by atoms with Gasteiger partial charge in [0.15, 0.2) is 0 Å². The molecule has 4 nitrogen and oxygen atoms in total. The zero-order valence-corrected chi connectivity index (χ0v) is 14.3. The Morgan fingerprint density at radius 3 is 2.71 bits per heavy atom. The van der Waals surface area contributed by atoms with E-state index in [0.717, 1.165) is 16.5 Å². The van der Waals surface area contributed by atoms with E-state index in [2.05, 4.69) is 15.9 Å². The lowest BCUT2D eigenvalue weighted by Gasteiger charge is -2.37. The molecule has 1 fully saturated rings. The summed E-state index contributed by atoms with van der Waals surface area (Å²) in [5.74, 6) is 0.0567. The van der Waals surface area contributed by atoms with Crippen molar-refractivity contribution in [3.63, 3.8) is 0 Å². The molecule has 5 heteroatoms. The molecule has 0 aliphatic carbocycles. The molecule has 0 bridgehead atoms. The van der Waals surface area contributed by atoms with Crippen LogP contribution >= 0.6 is 15.9 Å². The van der Waals surface area contributed by atoms with E-state index in [9.17, 15) is 9.90 Å². The zero-order valence-electron chi connectivity index (χ0n) is 12.7. The molecule has 0 aromatic heterocycles. The number of aliphatic hydroxyl groups excluding tert-OH is 1. The number of β-amino-alcohol motifs (C(OH)–C–C–N with tert-alkyl or cyclic N) is 1. The van der Waals surface area contributed by atoms with Crippen molar-refractivity contribution in [1.82, 2.24) is 4.90 Å². The first-order chi connectivity index (χ1) is 9.76. The van der Waals surface area contributed by atoms with E-state index in [4.69, 9.17) is 4.74 Å². The Morgan fingerprint density at radius 2 is 2.14 bits per heavy atom. The highest BCUT2D eigenvalue weighted by molar-refractivity contribution is 9.10. The lowest BCUT2D eigenvalue weighted by atomic mass is 9.87. The summed E-state index contributed by atoms with van der Waals surface area (Å²) in [6.07, 6.45) is -0.188. The summed E-state index contributed by atoms with van der Waals surface area (Å²) in [5.41, 5.74) is 0.587. The van der Waals surface area contributed by atoms with Gasteiger partial charge >= 0.3 is 6.09 Å². The molecule has 1 amide bonds. The van der Waals surface area contributed by atoms with Crippen molar-refractivity contribution in [1.29, 1.82) is 0 Å². The normalized spacial score (nSPS) is 23.0. The van der Waals surface area contributed by atoms with Crippen LogP contribution in [0.3, 0.4) is 0 Å². The van der Waals surface area contributed by atoms with Gasteiger partial charge in [-0.2, -0.15) is 0 Å². The molecule has 0 saturated carbocycles. The molecular formula is C16H22BrNO3. The number of ether oxygens (including phenoxy) is 1. The molecule has 21 heavy (non-hydrogen) atoms. The quantitative estimate of drug-likeness (QED) is 0.838. The second kappa shape index (κ2) is 6.36. The van der Waals surface area contributed by atoms with E-state index in [1.165, 1.54) is 0 Å². The molecule has 1 heterocycles. The number of halogens is 1. The molecule has 1 aromatic rings. The number of amides is 1. The number of nitrogens with zero attached hydrogens (tertiary/aromatic N) is 1. The maximum atomic E-state index is 12.0. The zero-order chi connectivity index (χ0) is 15.6. The first kappa shape index (κ1) is 16.3. The van der Waals surface area contributed by atoms with Crippen LogP contribution in [0, 0.1) is 0 Å². The number of hydrogen-bond donors (Lipinski definition) is 1. The second-order valence-corrected chi connectivity index (χ2v) is 7.36. The predicted octanol–water partition coefficient (Wildman–Crippen LogP) is 3.53. The maximum Gasteiger partial charge on any atom is 0.410 e. The van der Waals surface area contributed by atoms with Gasteiger partial charge in [0, 0.05) is 16.9 Å². The van der Waals surface area contributed by atoms with Crippen molar-refractivity contribution in [3.8, 4) is 0 Å². The number of hydrogen-bond acceptors (Lipinski definition) is 3. The van der Waals surface area contributed by atoms with Crippen LogP contribution in [-0.2, 0) is 4.74 Å². The van der Waals surface area contributed by atoms with Crippen molar-refractivity contribution in [2.75, 3.05) is 13.1 Å². The third kappa shape index (κ3) is 4.45. The minimum Gasteiger partial charge on any atom is -0.444 e. The van der Waals surface area contributed by atoms with E-state index in [-0.39, 0.29) is 12.0 Å². The molecule has 2 atom stereocenters. The summed E-state index contributed by atoms with van der Waals surface area (Å²) in [4.78, 5) is 13.6. The number of carbonyl (C=O) groups is 1. The molecule has 0 unspecified atom stereocenters. The highest BCUT2D eigenvalue weighted by Crippen LogP contribution is 2.30. The number of likely N-dealkylation sites (tertiary alicyclic amines) is 1. The second-order valence-electron chi connectivity index (χ2n) is 6.44. The number of aliphatic hydroxyl groups is 1. The molecule has 2 rings (SSSR count). The Labute approximate surface area is 134 Å². The molecule has 1 saturated heterocycles. The SMILES string of the molecule is CC(C)(C)OC(=O)N1CC[C@@H](c2cccc(Br)c2)[C@@H](O)C1. The van der Waals surface area contributed by atoms with Crippen molar-refractivity contribution in [2.45, 2.75) is 44.8 Å². The van der Waals surface area contributed by atoms with Crippen LogP contribution in [0.25, 0.3) is 0 Å². The maximum absolute atomic E-state index is 12.0. The summed E-state index contributed by atoms with van der Waals surface area (Å²) in [6, 6.07) is 7.97. The third-order valence-electron chi connectivity index (χ3n) is 3.51. The Balaban J connectivity index is 2.01. The van der Waals surface area contributed by atoms with Gasteiger partial charge in [-0.25, -0.2) is 4.79 Å². The largest absolute Gasteiger partial charge is 0.444 e. The van der Waals surface area contributed by atoms with Crippen LogP contribution in [0.5, 0.6) is 0 Å². The lowest BCUT2D eigenvalue weighted by molar-refractivity contribution is -0.00152. The van der Waals surface area contributed by atoms with Gasteiger partial charge in [0.05, 0.1) is 12.6 Å². The van der Waals surface area contributed by atoms with Crippen LogP contribution in [0.4, 0.5) is 4.79 Å².